The summed E-state index contributed by atoms with van der Waals surface area (Å²) < 4.78 is 12.3. The molecule has 0 aliphatic carbocycles. The zero-order valence-corrected chi connectivity index (χ0v) is 14.3. The first-order valence-electron chi connectivity index (χ1n) is 7.38. The van der Waals surface area contributed by atoms with Gasteiger partial charge in [0.1, 0.15) is 5.75 Å². The molecule has 2 atom stereocenters. The van der Waals surface area contributed by atoms with Gasteiger partial charge in [-0.1, -0.05) is 13.0 Å². The highest BCUT2D eigenvalue weighted by Crippen LogP contribution is 2.34. The lowest BCUT2D eigenvalue weighted by Gasteiger charge is -2.15. The SMILES string of the molecule is CCCOc1ccc(C(Cl)CCC2CCCO2)cc1Br. The lowest BCUT2D eigenvalue weighted by atomic mass is 10.0. The van der Waals surface area contributed by atoms with Crippen molar-refractivity contribution in [2.75, 3.05) is 13.2 Å². The highest BCUT2D eigenvalue weighted by Gasteiger charge is 2.18. The maximum Gasteiger partial charge on any atom is 0.133 e. The average Bonchev–Trinajstić information content (AvgIpc) is 2.96. The summed E-state index contributed by atoms with van der Waals surface area (Å²) in [7, 11) is 0. The van der Waals surface area contributed by atoms with Gasteiger partial charge in [0, 0.05) is 6.61 Å². The van der Waals surface area contributed by atoms with Crippen molar-refractivity contribution < 1.29 is 9.47 Å². The number of rotatable bonds is 7. The van der Waals surface area contributed by atoms with Gasteiger partial charge in [0.05, 0.1) is 22.6 Å². The zero-order chi connectivity index (χ0) is 14.4. The molecular weight excluding hydrogens is 340 g/mol. The van der Waals surface area contributed by atoms with Gasteiger partial charge in [-0.3, -0.25) is 0 Å². The fourth-order valence-corrected chi connectivity index (χ4v) is 3.18. The molecule has 2 unspecified atom stereocenters. The molecule has 1 aromatic rings. The van der Waals surface area contributed by atoms with E-state index in [0.29, 0.717) is 6.10 Å². The predicted octanol–water partition coefficient (Wildman–Crippen LogP) is 5.48. The summed E-state index contributed by atoms with van der Waals surface area (Å²) in [6.07, 6.45) is 5.78. The van der Waals surface area contributed by atoms with E-state index in [2.05, 4.69) is 35.0 Å². The Morgan fingerprint density at radius 2 is 2.35 bits per heavy atom. The van der Waals surface area contributed by atoms with Crippen LogP contribution >= 0.6 is 27.5 Å². The van der Waals surface area contributed by atoms with E-state index in [1.165, 1.54) is 12.8 Å². The van der Waals surface area contributed by atoms with Crippen LogP contribution in [0.15, 0.2) is 22.7 Å². The quantitative estimate of drug-likeness (QED) is 0.599. The molecule has 1 aliphatic heterocycles. The fraction of sp³-hybridized carbons (Fsp3) is 0.625. The molecule has 4 heteroatoms. The second-order valence-corrected chi connectivity index (χ2v) is 6.60. The van der Waals surface area contributed by atoms with Crippen LogP contribution in [0.2, 0.25) is 0 Å². The second kappa shape index (κ2) is 8.26. The maximum atomic E-state index is 6.50. The minimum absolute atomic E-state index is 0.0377. The number of benzene rings is 1. The molecule has 1 saturated heterocycles. The molecule has 0 aromatic heterocycles. The second-order valence-electron chi connectivity index (χ2n) is 5.22. The van der Waals surface area contributed by atoms with Crippen LogP contribution < -0.4 is 4.74 Å². The van der Waals surface area contributed by atoms with Crippen molar-refractivity contribution in [1.82, 2.24) is 0 Å². The standard InChI is InChI=1S/C16H22BrClO2/c1-2-9-20-16-8-5-12(11-14(16)17)15(18)7-6-13-4-3-10-19-13/h5,8,11,13,15H,2-4,6-7,9-10H2,1H3. The normalized spacial score (nSPS) is 20.1. The topological polar surface area (TPSA) is 18.5 Å². The van der Waals surface area contributed by atoms with Crippen molar-refractivity contribution in [1.29, 1.82) is 0 Å². The number of alkyl halides is 1. The third kappa shape index (κ3) is 4.64. The van der Waals surface area contributed by atoms with Crippen molar-refractivity contribution in [2.24, 2.45) is 0 Å². The maximum absolute atomic E-state index is 6.50. The Morgan fingerprint density at radius 3 is 3.00 bits per heavy atom. The number of ether oxygens (including phenoxy) is 2. The van der Waals surface area contributed by atoms with Gasteiger partial charge >= 0.3 is 0 Å². The molecule has 0 bridgehead atoms. The zero-order valence-electron chi connectivity index (χ0n) is 11.9. The van der Waals surface area contributed by atoms with Crippen molar-refractivity contribution in [3.63, 3.8) is 0 Å². The van der Waals surface area contributed by atoms with Gasteiger partial charge in [-0.05, 0) is 65.7 Å². The highest BCUT2D eigenvalue weighted by atomic mass is 79.9. The first kappa shape index (κ1) is 16.1. The molecule has 112 valence electrons. The monoisotopic (exact) mass is 360 g/mol. The minimum Gasteiger partial charge on any atom is -0.492 e. The summed E-state index contributed by atoms with van der Waals surface area (Å²) in [5.41, 5.74) is 1.14. The minimum atomic E-state index is 0.0377. The largest absolute Gasteiger partial charge is 0.492 e. The van der Waals surface area contributed by atoms with E-state index < -0.39 is 0 Å². The van der Waals surface area contributed by atoms with Crippen LogP contribution in [-0.2, 0) is 4.74 Å². The molecule has 2 nitrogen and oxygen atoms in total. The fourth-order valence-electron chi connectivity index (χ4n) is 2.41. The van der Waals surface area contributed by atoms with Crippen LogP contribution in [0.3, 0.4) is 0 Å². The molecule has 1 fully saturated rings. The van der Waals surface area contributed by atoms with E-state index in [4.69, 9.17) is 21.1 Å². The van der Waals surface area contributed by atoms with Gasteiger partial charge in [-0.2, -0.15) is 0 Å². The van der Waals surface area contributed by atoms with Crippen molar-refractivity contribution in [3.05, 3.63) is 28.2 Å². The van der Waals surface area contributed by atoms with Crippen LogP contribution in [0, 0.1) is 0 Å². The van der Waals surface area contributed by atoms with E-state index in [1.54, 1.807) is 0 Å². The van der Waals surface area contributed by atoms with Gasteiger partial charge in [-0.15, -0.1) is 11.6 Å². The molecule has 20 heavy (non-hydrogen) atoms. The van der Waals surface area contributed by atoms with Gasteiger partial charge in [0.15, 0.2) is 0 Å². The summed E-state index contributed by atoms with van der Waals surface area (Å²) in [4.78, 5) is 0. The Bertz CT molecular complexity index is 419. The number of hydrogen-bond acceptors (Lipinski definition) is 2. The molecule has 1 aliphatic rings. The van der Waals surface area contributed by atoms with E-state index in [0.717, 1.165) is 48.3 Å². The molecule has 1 heterocycles. The summed E-state index contributed by atoms with van der Waals surface area (Å²) in [5, 5.41) is 0.0377. The van der Waals surface area contributed by atoms with E-state index >= 15 is 0 Å². The Kier molecular flexibility index (Phi) is 6.66. The molecule has 0 saturated carbocycles. The van der Waals surface area contributed by atoms with Gasteiger partial charge in [0.25, 0.3) is 0 Å². The molecule has 0 spiro atoms. The molecule has 0 N–H and O–H groups in total. The lowest BCUT2D eigenvalue weighted by molar-refractivity contribution is 0.102. The van der Waals surface area contributed by atoms with Crippen LogP contribution in [0.5, 0.6) is 5.75 Å². The molecule has 1 aromatic carbocycles. The summed E-state index contributed by atoms with van der Waals surface area (Å²) >= 11 is 10.1. The van der Waals surface area contributed by atoms with Crippen LogP contribution in [-0.4, -0.2) is 19.3 Å². The van der Waals surface area contributed by atoms with E-state index in [1.807, 2.05) is 6.07 Å². The summed E-state index contributed by atoms with van der Waals surface area (Å²) in [6, 6.07) is 6.12. The molecule has 2 rings (SSSR count). The van der Waals surface area contributed by atoms with Crippen molar-refractivity contribution in [3.8, 4) is 5.75 Å². The smallest absolute Gasteiger partial charge is 0.133 e. The Hall–Kier alpha value is -0.250. The average molecular weight is 362 g/mol. The highest BCUT2D eigenvalue weighted by molar-refractivity contribution is 9.10. The first-order chi connectivity index (χ1) is 9.70. The lowest BCUT2D eigenvalue weighted by Crippen LogP contribution is -2.06. The van der Waals surface area contributed by atoms with Gasteiger partial charge in [-0.25, -0.2) is 0 Å². The summed E-state index contributed by atoms with van der Waals surface area (Å²) in [6.45, 7) is 3.75. The van der Waals surface area contributed by atoms with Crippen LogP contribution in [0.4, 0.5) is 0 Å². The molecular formula is C16H22BrClO2. The van der Waals surface area contributed by atoms with Crippen molar-refractivity contribution in [2.45, 2.75) is 50.5 Å². The Labute approximate surface area is 134 Å². The van der Waals surface area contributed by atoms with Crippen molar-refractivity contribution >= 4 is 27.5 Å². The van der Waals surface area contributed by atoms with E-state index in [-0.39, 0.29) is 5.38 Å². The van der Waals surface area contributed by atoms with E-state index in [9.17, 15) is 0 Å². The predicted molar refractivity (Wildman–Crippen MR) is 86.7 cm³/mol. The first-order valence-corrected chi connectivity index (χ1v) is 8.61. The molecule has 0 amide bonds. The van der Waals surface area contributed by atoms with Gasteiger partial charge < -0.3 is 9.47 Å². The Balaban J connectivity index is 1.88. The third-order valence-electron chi connectivity index (χ3n) is 3.55. The third-order valence-corrected chi connectivity index (χ3v) is 4.64. The summed E-state index contributed by atoms with van der Waals surface area (Å²) in [5.74, 6) is 0.888. The number of hydrogen-bond donors (Lipinski definition) is 0. The van der Waals surface area contributed by atoms with Crippen LogP contribution in [0.1, 0.15) is 50.0 Å². The molecule has 0 radical (unpaired) electrons. The number of halogens is 2. The van der Waals surface area contributed by atoms with Gasteiger partial charge in [0.2, 0.25) is 0 Å². The van der Waals surface area contributed by atoms with Crippen LogP contribution in [0.25, 0.3) is 0 Å². The Morgan fingerprint density at radius 1 is 1.50 bits per heavy atom.